The first-order valence-corrected chi connectivity index (χ1v) is 9.46. The zero-order valence-corrected chi connectivity index (χ0v) is 17.0. The molecule has 5 rings (SSSR count). The summed E-state index contributed by atoms with van der Waals surface area (Å²) in [6, 6.07) is 7.60. The SMILES string of the molecule is COc1cc(OC)c([C@H]2C3=C(COC3=S)Nc3cc4c(cc32)OCO4)c(OC)c1. The first-order chi connectivity index (χ1) is 14.1. The minimum absolute atomic E-state index is 0.201. The van der Waals surface area contributed by atoms with Gasteiger partial charge in [0.2, 0.25) is 6.79 Å². The number of hydrogen-bond donors (Lipinski definition) is 1. The summed E-state index contributed by atoms with van der Waals surface area (Å²) in [5.41, 5.74) is 4.55. The molecule has 0 aromatic heterocycles. The highest BCUT2D eigenvalue weighted by molar-refractivity contribution is 7.80. The smallest absolute Gasteiger partial charge is 0.231 e. The third kappa shape index (κ3) is 2.66. The monoisotopic (exact) mass is 413 g/mol. The maximum Gasteiger partial charge on any atom is 0.231 e. The van der Waals surface area contributed by atoms with Crippen LogP contribution >= 0.6 is 12.2 Å². The largest absolute Gasteiger partial charge is 0.496 e. The molecule has 1 atom stereocenters. The van der Waals surface area contributed by atoms with Gasteiger partial charge in [-0.3, -0.25) is 0 Å². The van der Waals surface area contributed by atoms with Gasteiger partial charge in [-0.15, -0.1) is 0 Å². The van der Waals surface area contributed by atoms with Crippen LogP contribution in [0.1, 0.15) is 17.0 Å². The number of anilines is 1. The molecule has 0 saturated carbocycles. The molecule has 3 aliphatic heterocycles. The van der Waals surface area contributed by atoms with E-state index in [1.165, 1.54) is 0 Å². The van der Waals surface area contributed by atoms with Gasteiger partial charge in [0.25, 0.3) is 0 Å². The average molecular weight is 413 g/mol. The number of thiocarbonyl (C=S) groups is 1. The molecule has 2 aromatic rings. The van der Waals surface area contributed by atoms with E-state index in [9.17, 15) is 0 Å². The number of nitrogens with one attached hydrogen (secondary N) is 1. The average Bonchev–Trinajstić information content (AvgIpc) is 3.35. The number of rotatable bonds is 4. The lowest BCUT2D eigenvalue weighted by molar-refractivity contribution is 0.174. The van der Waals surface area contributed by atoms with Gasteiger partial charge in [0, 0.05) is 40.9 Å². The van der Waals surface area contributed by atoms with E-state index in [1.807, 2.05) is 24.3 Å². The molecule has 0 bridgehead atoms. The summed E-state index contributed by atoms with van der Waals surface area (Å²) in [5.74, 6) is 3.05. The van der Waals surface area contributed by atoms with E-state index < -0.39 is 0 Å². The number of hydrogen-bond acceptors (Lipinski definition) is 8. The highest BCUT2D eigenvalue weighted by atomic mass is 32.1. The van der Waals surface area contributed by atoms with Crippen molar-refractivity contribution >= 4 is 23.0 Å². The van der Waals surface area contributed by atoms with Gasteiger partial charge >= 0.3 is 0 Å². The Hall–Kier alpha value is -3.13. The Kier molecular flexibility index (Phi) is 4.16. The van der Waals surface area contributed by atoms with Crippen molar-refractivity contribution in [2.24, 2.45) is 0 Å². The molecule has 1 N–H and O–H groups in total. The lowest BCUT2D eigenvalue weighted by Gasteiger charge is -2.30. The van der Waals surface area contributed by atoms with Crippen LogP contribution in [0.5, 0.6) is 28.7 Å². The Morgan fingerprint density at radius 1 is 0.931 bits per heavy atom. The highest BCUT2D eigenvalue weighted by Gasteiger charge is 2.40. The van der Waals surface area contributed by atoms with Crippen LogP contribution in [-0.4, -0.2) is 39.8 Å². The molecule has 7 nitrogen and oxygen atoms in total. The molecule has 3 aliphatic rings. The van der Waals surface area contributed by atoms with Crippen LogP contribution in [0.25, 0.3) is 0 Å². The maximum atomic E-state index is 5.73. The first kappa shape index (κ1) is 17.9. The quantitative estimate of drug-likeness (QED) is 0.763. The second kappa shape index (κ2) is 6.73. The van der Waals surface area contributed by atoms with Gasteiger partial charge in [-0.25, -0.2) is 0 Å². The minimum Gasteiger partial charge on any atom is -0.496 e. The molecular weight excluding hydrogens is 394 g/mol. The van der Waals surface area contributed by atoms with E-state index in [4.69, 9.17) is 40.6 Å². The fourth-order valence-corrected chi connectivity index (χ4v) is 4.35. The van der Waals surface area contributed by atoms with Crippen LogP contribution in [-0.2, 0) is 4.74 Å². The lowest BCUT2D eigenvalue weighted by Crippen LogP contribution is -2.20. The van der Waals surface area contributed by atoms with Crippen molar-refractivity contribution in [1.29, 1.82) is 0 Å². The molecule has 2 aromatic carbocycles. The van der Waals surface area contributed by atoms with E-state index >= 15 is 0 Å². The number of ether oxygens (including phenoxy) is 6. The van der Waals surface area contributed by atoms with Gasteiger partial charge in [0.1, 0.15) is 23.9 Å². The lowest BCUT2D eigenvalue weighted by atomic mass is 9.80. The summed E-state index contributed by atoms with van der Waals surface area (Å²) in [6.45, 7) is 0.589. The maximum absolute atomic E-state index is 5.73. The fraction of sp³-hybridized carbons (Fsp3) is 0.286. The topological polar surface area (TPSA) is 67.4 Å². The van der Waals surface area contributed by atoms with Crippen molar-refractivity contribution in [3.8, 4) is 28.7 Å². The minimum atomic E-state index is -0.262. The van der Waals surface area contributed by atoms with E-state index in [0.29, 0.717) is 40.4 Å². The Morgan fingerprint density at radius 3 is 2.28 bits per heavy atom. The molecule has 8 heteroatoms. The van der Waals surface area contributed by atoms with E-state index in [1.54, 1.807) is 21.3 Å². The van der Waals surface area contributed by atoms with Gasteiger partial charge in [-0.05, 0) is 23.8 Å². The second-order valence-electron chi connectivity index (χ2n) is 6.76. The standard InChI is InChI=1S/C21H19NO6S/c1-23-10-4-16(24-2)20(17(5-10)25-3)18-11-6-14-15(28-9-27-14)7-12(11)22-13-8-26-21(29)19(13)18/h4-7,18,22H,8-9H2,1-3H3/t18-/m1/s1. The molecule has 0 spiro atoms. The summed E-state index contributed by atoms with van der Waals surface area (Å²) in [7, 11) is 4.85. The van der Waals surface area contributed by atoms with Gasteiger partial charge < -0.3 is 33.7 Å². The molecule has 29 heavy (non-hydrogen) atoms. The Balaban J connectivity index is 1.79. The molecule has 0 aliphatic carbocycles. The van der Waals surface area contributed by atoms with Crippen LogP contribution in [0.3, 0.4) is 0 Å². The summed E-state index contributed by atoms with van der Waals surface area (Å²) in [6.07, 6.45) is 0. The fourth-order valence-electron chi connectivity index (χ4n) is 4.05. The van der Waals surface area contributed by atoms with Crippen molar-refractivity contribution in [2.45, 2.75) is 5.92 Å². The van der Waals surface area contributed by atoms with Crippen molar-refractivity contribution in [2.75, 3.05) is 40.0 Å². The normalized spacial score (nSPS) is 18.6. The second-order valence-corrected chi connectivity index (χ2v) is 7.14. The number of fused-ring (bicyclic) bond motifs is 2. The first-order valence-electron chi connectivity index (χ1n) is 9.05. The molecule has 3 heterocycles. The third-order valence-electron chi connectivity index (χ3n) is 5.36. The van der Waals surface area contributed by atoms with Crippen molar-refractivity contribution < 1.29 is 28.4 Å². The Labute approximate surface area is 173 Å². The summed E-state index contributed by atoms with van der Waals surface area (Å²) in [5, 5.41) is 3.90. The van der Waals surface area contributed by atoms with Gasteiger partial charge in [-0.1, -0.05) is 0 Å². The number of methoxy groups -OCH3 is 3. The summed E-state index contributed by atoms with van der Waals surface area (Å²) in [4.78, 5) is 0. The van der Waals surface area contributed by atoms with Crippen LogP contribution in [0, 0.1) is 0 Å². The van der Waals surface area contributed by atoms with E-state index in [0.717, 1.165) is 28.1 Å². The van der Waals surface area contributed by atoms with Crippen LogP contribution < -0.4 is 29.0 Å². The van der Waals surface area contributed by atoms with Crippen LogP contribution in [0.2, 0.25) is 0 Å². The molecule has 0 fully saturated rings. The molecule has 0 saturated heterocycles. The Morgan fingerprint density at radius 2 is 1.62 bits per heavy atom. The number of benzene rings is 2. The zero-order valence-electron chi connectivity index (χ0n) is 16.2. The zero-order chi connectivity index (χ0) is 20.1. The summed E-state index contributed by atoms with van der Waals surface area (Å²) >= 11 is 5.55. The van der Waals surface area contributed by atoms with Crippen LogP contribution in [0.4, 0.5) is 5.69 Å². The Bertz CT molecular complexity index is 1040. The van der Waals surface area contributed by atoms with Crippen molar-refractivity contribution in [1.82, 2.24) is 0 Å². The summed E-state index contributed by atoms with van der Waals surface area (Å²) < 4.78 is 33.8. The van der Waals surface area contributed by atoms with Crippen molar-refractivity contribution in [3.63, 3.8) is 0 Å². The predicted octanol–water partition coefficient (Wildman–Crippen LogP) is 3.61. The van der Waals surface area contributed by atoms with Gasteiger partial charge in [0.15, 0.2) is 16.5 Å². The molecule has 0 unspecified atom stereocenters. The van der Waals surface area contributed by atoms with Gasteiger partial charge in [0.05, 0.1) is 27.0 Å². The third-order valence-corrected chi connectivity index (χ3v) is 5.70. The molecule has 0 amide bonds. The molecular formula is C21H19NO6S. The van der Waals surface area contributed by atoms with E-state index in [2.05, 4.69) is 5.32 Å². The molecule has 150 valence electrons. The van der Waals surface area contributed by atoms with Crippen LogP contribution in [0.15, 0.2) is 35.5 Å². The highest BCUT2D eigenvalue weighted by Crippen LogP contribution is 2.53. The van der Waals surface area contributed by atoms with E-state index in [-0.39, 0.29) is 12.7 Å². The predicted molar refractivity (Wildman–Crippen MR) is 110 cm³/mol. The van der Waals surface area contributed by atoms with Gasteiger partial charge in [-0.2, -0.15) is 0 Å². The molecule has 0 radical (unpaired) electrons. The van der Waals surface area contributed by atoms with Crippen molar-refractivity contribution in [3.05, 3.63) is 46.7 Å².